The molecule has 2 nitrogen and oxygen atoms in total. The van der Waals surface area contributed by atoms with Gasteiger partial charge in [-0.2, -0.15) is 0 Å². The first-order valence-electron chi connectivity index (χ1n) is 7.21. The summed E-state index contributed by atoms with van der Waals surface area (Å²) in [7, 11) is 0. The van der Waals surface area contributed by atoms with Crippen molar-refractivity contribution < 1.29 is 4.74 Å². The lowest BCUT2D eigenvalue weighted by Gasteiger charge is -2.26. The smallest absolute Gasteiger partial charge is 0.125 e. The fraction of sp³-hybridized carbons (Fsp3) is 0.625. The van der Waals surface area contributed by atoms with Crippen LogP contribution in [0, 0.1) is 5.41 Å². The highest BCUT2D eigenvalue weighted by Crippen LogP contribution is 2.36. The Morgan fingerprint density at radius 3 is 2.89 bits per heavy atom. The van der Waals surface area contributed by atoms with Gasteiger partial charge in [-0.05, 0) is 47.9 Å². The molecule has 0 atom stereocenters. The van der Waals surface area contributed by atoms with E-state index in [-0.39, 0.29) is 5.41 Å². The van der Waals surface area contributed by atoms with E-state index in [2.05, 4.69) is 47.2 Å². The van der Waals surface area contributed by atoms with Gasteiger partial charge >= 0.3 is 0 Å². The molecule has 3 heteroatoms. The number of benzene rings is 1. The normalized spacial score (nSPS) is 18.3. The zero-order valence-corrected chi connectivity index (χ0v) is 13.3. The molecule has 0 saturated heterocycles. The fourth-order valence-electron chi connectivity index (χ4n) is 2.76. The van der Waals surface area contributed by atoms with Crippen LogP contribution in [0.4, 0.5) is 0 Å². The summed E-state index contributed by atoms with van der Waals surface area (Å²) in [6.07, 6.45) is 4.81. The number of fused-ring (bicyclic) bond motifs is 1. The van der Waals surface area contributed by atoms with Crippen LogP contribution in [0.3, 0.4) is 0 Å². The molecule has 0 amide bonds. The van der Waals surface area contributed by atoms with Crippen molar-refractivity contribution in [2.75, 3.05) is 13.2 Å². The average Bonchev–Trinajstić information content (AvgIpc) is 3.04. The molecule has 1 heterocycles. The second-order valence-electron chi connectivity index (χ2n) is 6.65. The molecular formula is C16H22BrNO. The van der Waals surface area contributed by atoms with E-state index in [1.807, 2.05) is 0 Å². The molecule has 0 bridgehead atoms. The molecule has 0 radical (unpaired) electrons. The molecule has 104 valence electrons. The van der Waals surface area contributed by atoms with Gasteiger partial charge in [0.15, 0.2) is 0 Å². The third-order valence-corrected chi connectivity index (χ3v) is 4.40. The van der Waals surface area contributed by atoms with Gasteiger partial charge in [0.1, 0.15) is 5.75 Å². The summed E-state index contributed by atoms with van der Waals surface area (Å²) in [5.41, 5.74) is 2.98. The van der Waals surface area contributed by atoms with E-state index in [1.54, 1.807) is 0 Å². The van der Waals surface area contributed by atoms with Crippen LogP contribution in [0.15, 0.2) is 16.6 Å². The van der Waals surface area contributed by atoms with Gasteiger partial charge in [-0.25, -0.2) is 0 Å². The van der Waals surface area contributed by atoms with Gasteiger partial charge in [0, 0.05) is 23.5 Å². The van der Waals surface area contributed by atoms with Crippen LogP contribution in [0.25, 0.3) is 0 Å². The highest BCUT2D eigenvalue weighted by Gasteiger charge is 2.27. The van der Waals surface area contributed by atoms with Crippen LogP contribution in [0.1, 0.15) is 37.8 Å². The number of rotatable bonds is 5. The lowest BCUT2D eigenvalue weighted by Crippen LogP contribution is -2.32. The second kappa shape index (κ2) is 5.10. The first-order valence-corrected chi connectivity index (χ1v) is 8.00. The summed E-state index contributed by atoms with van der Waals surface area (Å²) in [5, 5.41) is 3.65. The van der Waals surface area contributed by atoms with Gasteiger partial charge < -0.3 is 10.1 Å². The van der Waals surface area contributed by atoms with Crippen molar-refractivity contribution in [3.05, 3.63) is 27.7 Å². The van der Waals surface area contributed by atoms with E-state index >= 15 is 0 Å². The average molecular weight is 324 g/mol. The Kier molecular flexibility index (Phi) is 3.61. The van der Waals surface area contributed by atoms with Crippen molar-refractivity contribution in [3.63, 3.8) is 0 Å². The standard InChI is InChI=1S/C16H22BrNO/c1-16(2,10-18-14-3-4-14)9-12-8-13(17)7-11-5-6-19-15(11)12/h7-8,14,18H,3-6,9-10H2,1-2H3. The van der Waals surface area contributed by atoms with E-state index in [0.717, 1.165) is 37.8 Å². The number of hydrogen-bond donors (Lipinski definition) is 1. The Morgan fingerprint density at radius 1 is 1.37 bits per heavy atom. The van der Waals surface area contributed by atoms with E-state index in [1.165, 1.54) is 28.4 Å². The number of hydrogen-bond acceptors (Lipinski definition) is 2. The number of halogens is 1. The Balaban J connectivity index is 1.74. The molecule has 1 aliphatic carbocycles. The summed E-state index contributed by atoms with van der Waals surface area (Å²) in [5.74, 6) is 1.14. The molecule has 19 heavy (non-hydrogen) atoms. The van der Waals surface area contributed by atoms with Crippen molar-refractivity contribution in [1.82, 2.24) is 5.32 Å². The zero-order valence-electron chi connectivity index (χ0n) is 11.8. The van der Waals surface area contributed by atoms with Crippen LogP contribution < -0.4 is 10.1 Å². The first kappa shape index (κ1) is 13.4. The maximum atomic E-state index is 5.83. The molecular weight excluding hydrogens is 302 g/mol. The van der Waals surface area contributed by atoms with E-state index in [9.17, 15) is 0 Å². The van der Waals surface area contributed by atoms with E-state index in [4.69, 9.17) is 4.74 Å². The van der Waals surface area contributed by atoms with Crippen LogP contribution in [-0.4, -0.2) is 19.2 Å². The van der Waals surface area contributed by atoms with Crippen LogP contribution in [0.2, 0.25) is 0 Å². The minimum Gasteiger partial charge on any atom is -0.493 e. The number of nitrogens with one attached hydrogen (secondary N) is 1. The summed E-state index contributed by atoms with van der Waals surface area (Å²) in [4.78, 5) is 0. The van der Waals surface area contributed by atoms with Crippen LogP contribution in [-0.2, 0) is 12.8 Å². The summed E-state index contributed by atoms with van der Waals surface area (Å²) >= 11 is 3.62. The van der Waals surface area contributed by atoms with Gasteiger partial charge in [-0.15, -0.1) is 0 Å². The fourth-order valence-corrected chi connectivity index (χ4v) is 3.32. The highest BCUT2D eigenvalue weighted by molar-refractivity contribution is 9.10. The van der Waals surface area contributed by atoms with Crippen molar-refractivity contribution in [2.45, 2.75) is 45.6 Å². The molecule has 1 aliphatic heterocycles. The minimum absolute atomic E-state index is 0.267. The lowest BCUT2D eigenvalue weighted by atomic mass is 9.85. The summed E-state index contributed by atoms with van der Waals surface area (Å²) in [6.45, 7) is 6.59. The second-order valence-corrected chi connectivity index (χ2v) is 7.56. The SMILES string of the molecule is CC(C)(CNC1CC1)Cc1cc(Br)cc2c1OCC2. The maximum Gasteiger partial charge on any atom is 0.125 e. The Bertz CT molecular complexity index is 480. The van der Waals surface area contributed by atoms with Crippen LogP contribution >= 0.6 is 15.9 Å². The van der Waals surface area contributed by atoms with Crippen LogP contribution in [0.5, 0.6) is 5.75 Å². The van der Waals surface area contributed by atoms with Gasteiger partial charge in [0.2, 0.25) is 0 Å². The van der Waals surface area contributed by atoms with Crippen molar-refractivity contribution in [3.8, 4) is 5.75 Å². The molecule has 1 fully saturated rings. The zero-order chi connectivity index (χ0) is 13.5. The minimum atomic E-state index is 0.267. The molecule has 0 aromatic heterocycles. The Labute approximate surface area is 124 Å². The molecule has 1 aromatic rings. The third kappa shape index (κ3) is 3.32. The Morgan fingerprint density at radius 2 is 2.16 bits per heavy atom. The van der Waals surface area contributed by atoms with E-state index in [0.29, 0.717) is 0 Å². The first-order chi connectivity index (χ1) is 9.03. The quantitative estimate of drug-likeness (QED) is 0.892. The molecule has 0 spiro atoms. The summed E-state index contributed by atoms with van der Waals surface area (Å²) < 4.78 is 7.01. The van der Waals surface area contributed by atoms with Crippen molar-refractivity contribution >= 4 is 15.9 Å². The van der Waals surface area contributed by atoms with Crippen molar-refractivity contribution in [1.29, 1.82) is 0 Å². The van der Waals surface area contributed by atoms with E-state index < -0.39 is 0 Å². The van der Waals surface area contributed by atoms with Crippen molar-refractivity contribution in [2.24, 2.45) is 5.41 Å². The summed E-state index contributed by atoms with van der Waals surface area (Å²) in [6, 6.07) is 5.20. The number of ether oxygens (including phenoxy) is 1. The molecule has 3 rings (SSSR count). The predicted molar refractivity (Wildman–Crippen MR) is 81.9 cm³/mol. The highest BCUT2D eigenvalue weighted by atomic mass is 79.9. The molecule has 1 aromatic carbocycles. The predicted octanol–water partition coefficient (Wildman–Crippen LogP) is 3.70. The maximum absolute atomic E-state index is 5.83. The van der Waals surface area contributed by atoms with Gasteiger partial charge in [0.25, 0.3) is 0 Å². The monoisotopic (exact) mass is 323 g/mol. The molecule has 1 saturated carbocycles. The van der Waals surface area contributed by atoms with Gasteiger partial charge in [0.05, 0.1) is 6.61 Å². The van der Waals surface area contributed by atoms with Gasteiger partial charge in [-0.3, -0.25) is 0 Å². The Hall–Kier alpha value is -0.540. The lowest BCUT2D eigenvalue weighted by molar-refractivity contribution is 0.319. The molecule has 0 unspecified atom stereocenters. The van der Waals surface area contributed by atoms with Gasteiger partial charge in [-0.1, -0.05) is 29.8 Å². The molecule has 1 N–H and O–H groups in total. The third-order valence-electron chi connectivity index (χ3n) is 3.94. The molecule has 2 aliphatic rings. The largest absolute Gasteiger partial charge is 0.493 e. The topological polar surface area (TPSA) is 21.3 Å².